The summed E-state index contributed by atoms with van der Waals surface area (Å²) in [6.07, 6.45) is 0. The van der Waals surface area contributed by atoms with E-state index in [2.05, 4.69) is 15.5 Å². The van der Waals surface area contributed by atoms with Crippen molar-refractivity contribution in [1.82, 2.24) is 10.2 Å². The van der Waals surface area contributed by atoms with E-state index in [1.165, 1.54) is 0 Å². The third-order valence-corrected chi connectivity index (χ3v) is 3.42. The van der Waals surface area contributed by atoms with Crippen molar-refractivity contribution >= 4 is 11.7 Å². The summed E-state index contributed by atoms with van der Waals surface area (Å²) in [5.41, 5.74) is 2.14. The van der Waals surface area contributed by atoms with E-state index in [0.717, 1.165) is 50.5 Å². The van der Waals surface area contributed by atoms with Gasteiger partial charge in [-0.1, -0.05) is 0 Å². The second-order valence-corrected chi connectivity index (χ2v) is 4.85. The fourth-order valence-corrected chi connectivity index (χ4v) is 2.31. The van der Waals surface area contributed by atoms with Gasteiger partial charge >= 0.3 is 5.97 Å². The molecule has 1 aromatic carbocycles. The van der Waals surface area contributed by atoms with Crippen molar-refractivity contribution in [1.29, 1.82) is 0 Å². The smallest absolute Gasteiger partial charge is 0.335 e. The molecular weight excluding hydrogens is 242 g/mol. The predicted octanol–water partition coefficient (Wildman–Crippen LogP) is 1.01. The molecule has 0 aromatic heterocycles. The molecule has 0 radical (unpaired) electrons. The maximum Gasteiger partial charge on any atom is 0.335 e. The number of benzene rings is 1. The van der Waals surface area contributed by atoms with E-state index in [1.54, 1.807) is 6.07 Å². The monoisotopic (exact) mass is 263 g/mol. The Balaban J connectivity index is 1.82. The number of anilines is 1. The molecule has 0 spiro atoms. The van der Waals surface area contributed by atoms with Crippen LogP contribution in [0.15, 0.2) is 18.2 Å². The first-order valence-electron chi connectivity index (χ1n) is 6.68. The van der Waals surface area contributed by atoms with Crippen molar-refractivity contribution in [3.05, 3.63) is 29.3 Å². The van der Waals surface area contributed by atoms with Crippen molar-refractivity contribution in [3.63, 3.8) is 0 Å². The van der Waals surface area contributed by atoms with Crippen LogP contribution < -0.4 is 10.6 Å². The summed E-state index contributed by atoms with van der Waals surface area (Å²) < 4.78 is 0. The molecule has 1 heterocycles. The van der Waals surface area contributed by atoms with E-state index in [0.29, 0.717) is 5.56 Å². The minimum atomic E-state index is -0.870. The topological polar surface area (TPSA) is 64.6 Å². The van der Waals surface area contributed by atoms with Crippen molar-refractivity contribution in [2.24, 2.45) is 0 Å². The molecule has 1 aromatic rings. The summed E-state index contributed by atoms with van der Waals surface area (Å²) >= 11 is 0. The van der Waals surface area contributed by atoms with Gasteiger partial charge in [-0.05, 0) is 30.7 Å². The van der Waals surface area contributed by atoms with E-state index in [9.17, 15) is 4.79 Å². The van der Waals surface area contributed by atoms with E-state index in [4.69, 9.17) is 5.11 Å². The molecule has 5 nitrogen and oxygen atoms in total. The van der Waals surface area contributed by atoms with Crippen LogP contribution in [0, 0.1) is 6.92 Å². The normalized spacial score (nSPS) is 16.3. The fourth-order valence-electron chi connectivity index (χ4n) is 2.31. The molecule has 0 unspecified atom stereocenters. The number of hydrogen-bond acceptors (Lipinski definition) is 4. The first-order chi connectivity index (χ1) is 9.16. The Morgan fingerprint density at radius 3 is 2.79 bits per heavy atom. The Labute approximate surface area is 113 Å². The van der Waals surface area contributed by atoms with Gasteiger partial charge in [-0.25, -0.2) is 4.79 Å². The summed E-state index contributed by atoms with van der Waals surface area (Å²) in [6.45, 7) is 8.04. The summed E-state index contributed by atoms with van der Waals surface area (Å²) in [7, 11) is 0. The number of piperazine rings is 1. The highest BCUT2D eigenvalue weighted by Crippen LogP contribution is 2.15. The number of carbonyl (C=O) groups is 1. The van der Waals surface area contributed by atoms with Gasteiger partial charge in [0.15, 0.2) is 0 Å². The van der Waals surface area contributed by atoms with Crippen molar-refractivity contribution in [2.75, 3.05) is 44.6 Å². The number of carboxylic acid groups (broad SMARTS) is 1. The van der Waals surface area contributed by atoms with Gasteiger partial charge in [0, 0.05) is 45.0 Å². The molecule has 19 heavy (non-hydrogen) atoms. The van der Waals surface area contributed by atoms with Crippen LogP contribution in [0.5, 0.6) is 0 Å². The Hall–Kier alpha value is -1.59. The van der Waals surface area contributed by atoms with E-state index < -0.39 is 5.97 Å². The largest absolute Gasteiger partial charge is 0.478 e. The third kappa shape index (κ3) is 3.94. The number of nitrogens with one attached hydrogen (secondary N) is 2. The molecule has 0 amide bonds. The molecule has 104 valence electrons. The Morgan fingerprint density at radius 2 is 2.16 bits per heavy atom. The fraction of sp³-hybridized carbons (Fsp3) is 0.500. The molecule has 1 aliphatic heterocycles. The maximum atomic E-state index is 10.9. The highest BCUT2D eigenvalue weighted by atomic mass is 16.4. The van der Waals surface area contributed by atoms with Crippen LogP contribution in [0.1, 0.15) is 15.9 Å². The lowest BCUT2D eigenvalue weighted by Gasteiger charge is -2.27. The number of rotatable bonds is 5. The summed E-state index contributed by atoms with van der Waals surface area (Å²) in [6, 6.07) is 5.38. The van der Waals surface area contributed by atoms with Gasteiger partial charge in [-0.3, -0.25) is 4.90 Å². The lowest BCUT2D eigenvalue weighted by molar-refractivity contribution is 0.0696. The Morgan fingerprint density at radius 1 is 1.42 bits per heavy atom. The predicted molar refractivity (Wildman–Crippen MR) is 75.9 cm³/mol. The second-order valence-electron chi connectivity index (χ2n) is 4.85. The quantitative estimate of drug-likeness (QED) is 0.740. The molecule has 5 heteroatoms. The van der Waals surface area contributed by atoms with E-state index >= 15 is 0 Å². The van der Waals surface area contributed by atoms with E-state index in [-0.39, 0.29) is 0 Å². The lowest BCUT2D eigenvalue weighted by Crippen LogP contribution is -2.45. The third-order valence-electron chi connectivity index (χ3n) is 3.42. The average molecular weight is 263 g/mol. The average Bonchev–Trinajstić information content (AvgIpc) is 2.39. The minimum Gasteiger partial charge on any atom is -0.478 e. The molecule has 0 bridgehead atoms. The molecule has 1 fully saturated rings. The van der Waals surface area contributed by atoms with Crippen LogP contribution >= 0.6 is 0 Å². The molecule has 1 saturated heterocycles. The SMILES string of the molecule is Cc1cc(NCCN2CCNCC2)ccc1C(=O)O. The first kappa shape index (κ1) is 13.8. The highest BCUT2D eigenvalue weighted by Gasteiger charge is 2.09. The van der Waals surface area contributed by atoms with Crippen LogP contribution in [0.3, 0.4) is 0 Å². The van der Waals surface area contributed by atoms with Gasteiger partial charge in [0.05, 0.1) is 5.56 Å². The van der Waals surface area contributed by atoms with Gasteiger partial charge in [-0.2, -0.15) is 0 Å². The lowest BCUT2D eigenvalue weighted by atomic mass is 10.1. The second kappa shape index (κ2) is 6.54. The standard InChI is InChI=1S/C14H21N3O2/c1-11-10-12(2-3-13(11)14(18)19)16-6-9-17-7-4-15-5-8-17/h2-3,10,15-16H,4-9H2,1H3,(H,18,19). The molecule has 2 rings (SSSR count). The van der Waals surface area contributed by atoms with Crippen LogP contribution in [-0.2, 0) is 0 Å². The number of nitrogens with zero attached hydrogens (tertiary/aromatic N) is 1. The van der Waals surface area contributed by atoms with Gasteiger partial charge in [0.1, 0.15) is 0 Å². The van der Waals surface area contributed by atoms with Crippen molar-refractivity contribution in [2.45, 2.75) is 6.92 Å². The van der Waals surface area contributed by atoms with Crippen LogP contribution in [-0.4, -0.2) is 55.2 Å². The molecule has 0 aliphatic carbocycles. The zero-order valence-electron chi connectivity index (χ0n) is 11.3. The number of aromatic carboxylic acids is 1. The minimum absolute atomic E-state index is 0.368. The zero-order valence-corrected chi connectivity index (χ0v) is 11.3. The molecule has 0 atom stereocenters. The van der Waals surface area contributed by atoms with Crippen LogP contribution in [0.4, 0.5) is 5.69 Å². The summed E-state index contributed by atoms with van der Waals surface area (Å²) in [4.78, 5) is 13.3. The molecular formula is C14H21N3O2. The van der Waals surface area contributed by atoms with Crippen molar-refractivity contribution < 1.29 is 9.90 Å². The van der Waals surface area contributed by atoms with Crippen LogP contribution in [0.2, 0.25) is 0 Å². The molecule has 3 N–H and O–H groups in total. The highest BCUT2D eigenvalue weighted by molar-refractivity contribution is 5.89. The Bertz CT molecular complexity index is 442. The maximum absolute atomic E-state index is 10.9. The molecule has 0 saturated carbocycles. The first-order valence-corrected chi connectivity index (χ1v) is 6.68. The summed E-state index contributed by atoms with van der Waals surface area (Å²) in [5.74, 6) is -0.870. The van der Waals surface area contributed by atoms with Gasteiger partial charge in [-0.15, -0.1) is 0 Å². The van der Waals surface area contributed by atoms with Gasteiger partial charge < -0.3 is 15.7 Å². The Kier molecular flexibility index (Phi) is 4.76. The molecule has 1 aliphatic rings. The summed E-state index contributed by atoms with van der Waals surface area (Å²) in [5, 5.41) is 15.6. The number of carboxylic acids is 1. The zero-order chi connectivity index (χ0) is 13.7. The van der Waals surface area contributed by atoms with Crippen LogP contribution in [0.25, 0.3) is 0 Å². The number of aryl methyl sites for hydroxylation is 1. The van der Waals surface area contributed by atoms with Gasteiger partial charge in [0.2, 0.25) is 0 Å². The number of hydrogen-bond donors (Lipinski definition) is 3. The van der Waals surface area contributed by atoms with Crippen molar-refractivity contribution in [3.8, 4) is 0 Å². The van der Waals surface area contributed by atoms with E-state index in [1.807, 2.05) is 19.1 Å². The van der Waals surface area contributed by atoms with Gasteiger partial charge in [0.25, 0.3) is 0 Å².